The van der Waals surface area contributed by atoms with E-state index in [0.29, 0.717) is 12.6 Å². The lowest BCUT2D eigenvalue weighted by molar-refractivity contribution is -0.142. The number of hydrogen-bond acceptors (Lipinski definition) is 3. The third kappa shape index (κ3) is 4.73. The molecule has 3 aliphatic carbocycles. The zero-order chi connectivity index (χ0) is 21.2. The monoisotopic (exact) mass is 407 g/mol. The number of hydrogen-bond donors (Lipinski definition) is 4. The van der Waals surface area contributed by atoms with Crippen LogP contribution in [0.15, 0.2) is 0 Å². The van der Waals surface area contributed by atoms with E-state index in [1.54, 1.807) is 0 Å². The van der Waals surface area contributed by atoms with Gasteiger partial charge in [0.2, 0.25) is 5.91 Å². The first kappa shape index (κ1) is 22.4. The fourth-order valence-corrected chi connectivity index (χ4v) is 6.47. The molecule has 0 radical (unpaired) electrons. The molecule has 3 amide bonds. The molecule has 4 N–H and O–H groups in total. The first-order valence-corrected chi connectivity index (χ1v) is 11.8. The molecule has 0 aromatic carbocycles. The molecule has 7 atom stereocenters. The third-order valence-electron chi connectivity index (χ3n) is 8.30. The van der Waals surface area contributed by atoms with Gasteiger partial charge in [0, 0.05) is 24.5 Å². The number of urea groups is 1. The van der Waals surface area contributed by atoms with Crippen LogP contribution < -0.4 is 16.0 Å². The Morgan fingerprint density at radius 1 is 1.10 bits per heavy atom. The number of carbonyl (C=O) groups excluding carboxylic acids is 2. The minimum atomic E-state index is -0.507. The van der Waals surface area contributed by atoms with Crippen LogP contribution in [0.1, 0.15) is 79.1 Å². The van der Waals surface area contributed by atoms with Crippen molar-refractivity contribution in [3.05, 3.63) is 0 Å². The van der Waals surface area contributed by atoms with Gasteiger partial charge in [-0.3, -0.25) is 4.79 Å². The van der Waals surface area contributed by atoms with Crippen LogP contribution >= 0.6 is 0 Å². The van der Waals surface area contributed by atoms with Gasteiger partial charge in [-0.2, -0.15) is 0 Å². The maximum absolute atomic E-state index is 12.9. The Bertz CT molecular complexity index is 592. The fraction of sp³-hybridized carbons (Fsp3) is 0.913. The van der Waals surface area contributed by atoms with Crippen LogP contribution in [0.5, 0.6) is 0 Å². The van der Waals surface area contributed by atoms with Crippen LogP contribution in [0.4, 0.5) is 4.79 Å². The molecular weight excluding hydrogens is 366 g/mol. The molecule has 6 nitrogen and oxygen atoms in total. The lowest BCUT2D eigenvalue weighted by Crippen LogP contribution is -2.59. The van der Waals surface area contributed by atoms with Crippen molar-refractivity contribution in [2.75, 3.05) is 6.54 Å². The molecule has 0 bridgehead atoms. The van der Waals surface area contributed by atoms with Crippen molar-refractivity contribution in [1.29, 1.82) is 0 Å². The molecular formula is C23H41N3O3. The van der Waals surface area contributed by atoms with E-state index in [1.807, 2.05) is 13.8 Å². The van der Waals surface area contributed by atoms with Crippen LogP contribution in [0, 0.1) is 29.1 Å². The van der Waals surface area contributed by atoms with Crippen LogP contribution in [0.3, 0.4) is 0 Å². The summed E-state index contributed by atoms with van der Waals surface area (Å²) in [6, 6.07) is 0.255. The van der Waals surface area contributed by atoms with E-state index in [9.17, 15) is 14.7 Å². The largest absolute Gasteiger partial charge is 0.392 e. The summed E-state index contributed by atoms with van der Waals surface area (Å²) in [5.74, 6) is 0.187. The molecule has 0 unspecified atom stereocenters. The lowest BCUT2D eigenvalue weighted by Gasteiger charge is -2.56. The molecule has 29 heavy (non-hydrogen) atoms. The summed E-state index contributed by atoms with van der Waals surface area (Å²) < 4.78 is 0. The Labute approximate surface area is 176 Å². The Balaban J connectivity index is 1.68. The van der Waals surface area contributed by atoms with Crippen molar-refractivity contribution in [3.8, 4) is 0 Å². The average molecular weight is 408 g/mol. The summed E-state index contributed by atoms with van der Waals surface area (Å²) in [5.41, 5.74) is 0.0798. The SMILES string of the molecule is CCNC(=O)N[C@H]1CC[C@]2(C)CC[C@H]([C@H](C)C(=O)NC3CCCC3)[C@H](O)[C@H]2[C@@H]1C. The van der Waals surface area contributed by atoms with E-state index in [0.717, 1.165) is 38.5 Å². The summed E-state index contributed by atoms with van der Waals surface area (Å²) in [6.07, 6.45) is 7.94. The number of nitrogens with one attached hydrogen (secondary N) is 3. The highest BCUT2D eigenvalue weighted by Crippen LogP contribution is 2.55. The Kier molecular flexibility index (Phi) is 7.13. The lowest BCUT2D eigenvalue weighted by atomic mass is 9.51. The smallest absolute Gasteiger partial charge is 0.315 e. The number of fused-ring (bicyclic) bond motifs is 1. The molecule has 6 heteroatoms. The summed E-state index contributed by atoms with van der Waals surface area (Å²) >= 11 is 0. The summed E-state index contributed by atoms with van der Waals surface area (Å²) in [4.78, 5) is 24.9. The molecule has 166 valence electrons. The first-order chi connectivity index (χ1) is 13.8. The van der Waals surface area contributed by atoms with Gasteiger partial charge in [-0.1, -0.05) is 33.6 Å². The number of rotatable bonds is 5. The predicted molar refractivity (Wildman–Crippen MR) is 114 cm³/mol. The molecule has 0 spiro atoms. The second-order valence-corrected chi connectivity index (χ2v) is 10.2. The maximum Gasteiger partial charge on any atom is 0.315 e. The number of aliphatic hydroxyl groups is 1. The van der Waals surface area contributed by atoms with Crippen molar-refractivity contribution < 1.29 is 14.7 Å². The molecule has 0 aromatic heterocycles. The highest BCUT2D eigenvalue weighted by atomic mass is 16.3. The maximum atomic E-state index is 12.9. The summed E-state index contributed by atoms with van der Waals surface area (Å²) in [6.45, 7) is 8.95. The fourth-order valence-electron chi connectivity index (χ4n) is 6.47. The number of aliphatic hydroxyl groups excluding tert-OH is 1. The van der Waals surface area contributed by atoms with E-state index in [-0.39, 0.29) is 47.1 Å². The highest BCUT2D eigenvalue weighted by molar-refractivity contribution is 5.79. The molecule has 3 fully saturated rings. The van der Waals surface area contributed by atoms with Gasteiger partial charge in [0.1, 0.15) is 0 Å². The van der Waals surface area contributed by atoms with Crippen LogP contribution in [-0.4, -0.2) is 41.8 Å². The summed E-state index contributed by atoms with van der Waals surface area (Å²) in [7, 11) is 0. The molecule has 0 heterocycles. The quantitative estimate of drug-likeness (QED) is 0.564. The second-order valence-electron chi connectivity index (χ2n) is 10.2. The molecule has 0 aromatic rings. The number of amides is 3. The van der Waals surface area contributed by atoms with E-state index >= 15 is 0 Å². The van der Waals surface area contributed by atoms with Crippen molar-refractivity contribution in [3.63, 3.8) is 0 Å². The molecule has 3 saturated carbocycles. The first-order valence-electron chi connectivity index (χ1n) is 11.8. The van der Waals surface area contributed by atoms with Gasteiger partial charge in [0.05, 0.1) is 6.10 Å². The van der Waals surface area contributed by atoms with Gasteiger partial charge in [-0.15, -0.1) is 0 Å². The van der Waals surface area contributed by atoms with Gasteiger partial charge in [-0.05, 0) is 68.6 Å². The van der Waals surface area contributed by atoms with Gasteiger partial charge < -0.3 is 21.1 Å². The van der Waals surface area contributed by atoms with E-state index in [4.69, 9.17) is 0 Å². The van der Waals surface area contributed by atoms with E-state index in [2.05, 4.69) is 29.8 Å². The zero-order valence-electron chi connectivity index (χ0n) is 18.7. The van der Waals surface area contributed by atoms with E-state index in [1.165, 1.54) is 12.8 Å². The predicted octanol–water partition coefficient (Wildman–Crippen LogP) is 3.19. The van der Waals surface area contributed by atoms with Gasteiger partial charge in [0.15, 0.2) is 0 Å². The van der Waals surface area contributed by atoms with Crippen molar-refractivity contribution in [1.82, 2.24) is 16.0 Å². The standard InChI is InChI=1S/C23H41N3O3/c1-5-24-22(29)26-18-11-13-23(4)12-10-17(20(27)19(23)15(18)3)14(2)21(28)25-16-8-6-7-9-16/h14-20,27H,5-13H2,1-4H3,(H,25,28)(H2,24,26,29)/t14-,15+,17+,18-,19+,20-,23-/m0/s1. The molecule has 0 saturated heterocycles. The van der Waals surface area contributed by atoms with Gasteiger partial charge in [-0.25, -0.2) is 4.79 Å². The normalized spacial score (nSPS) is 38.7. The zero-order valence-corrected chi connectivity index (χ0v) is 18.7. The highest BCUT2D eigenvalue weighted by Gasteiger charge is 2.53. The van der Waals surface area contributed by atoms with Gasteiger partial charge >= 0.3 is 6.03 Å². The van der Waals surface area contributed by atoms with Crippen molar-refractivity contribution in [2.45, 2.75) is 97.2 Å². The average Bonchev–Trinajstić information content (AvgIpc) is 3.17. The molecule has 3 aliphatic rings. The minimum absolute atomic E-state index is 0.0138. The Morgan fingerprint density at radius 3 is 2.41 bits per heavy atom. The molecule has 0 aliphatic heterocycles. The van der Waals surface area contributed by atoms with Gasteiger partial charge in [0.25, 0.3) is 0 Å². The summed E-state index contributed by atoms with van der Waals surface area (Å²) in [5, 5.41) is 20.6. The second kappa shape index (κ2) is 9.23. The van der Waals surface area contributed by atoms with Crippen LogP contribution in [0.25, 0.3) is 0 Å². The number of carbonyl (C=O) groups is 2. The van der Waals surface area contributed by atoms with Crippen LogP contribution in [-0.2, 0) is 4.79 Å². The third-order valence-corrected chi connectivity index (χ3v) is 8.30. The van der Waals surface area contributed by atoms with Crippen molar-refractivity contribution in [2.24, 2.45) is 29.1 Å². The Hall–Kier alpha value is -1.30. The van der Waals surface area contributed by atoms with E-state index < -0.39 is 6.10 Å². The van der Waals surface area contributed by atoms with Crippen molar-refractivity contribution >= 4 is 11.9 Å². The Morgan fingerprint density at radius 2 is 1.76 bits per heavy atom. The molecule has 3 rings (SSSR count). The minimum Gasteiger partial charge on any atom is -0.392 e. The van der Waals surface area contributed by atoms with Crippen LogP contribution in [0.2, 0.25) is 0 Å². The topological polar surface area (TPSA) is 90.5 Å².